The number of allylic oxidation sites excluding steroid dienone is 2. The average Bonchev–Trinajstić information content (AvgIpc) is 3.20. The van der Waals surface area contributed by atoms with E-state index in [0.29, 0.717) is 11.4 Å². The highest BCUT2D eigenvalue weighted by Crippen LogP contribution is 2.37. The van der Waals surface area contributed by atoms with Gasteiger partial charge in [0.1, 0.15) is 0 Å². The summed E-state index contributed by atoms with van der Waals surface area (Å²) < 4.78 is 0. The molecule has 0 unspecified atom stereocenters. The Morgan fingerprint density at radius 1 is 0.423 bits per heavy atom. The van der Waals surface area contributed by atoms with E-state index in [2.05, 4.69) is 140 Å². The highest BCUT2D eigenvalue weighted by atomic mass is 14.7. The number of nitrogens with two attached hydrogens (primary N) is 2. The summed E-state index contributed by atoms with van der Waals surface area (Å²) in [7, 11) is 0. The summed E-state index contributed by atoms with van der Waals surface area (Å²) in [6, 6.07) is 51.1. The van der Waals surface area contributed by atoms with Crippen molar-refractivity contribution in [3.05, 3.63) is 169 Å². The molecule has 0 spiro atoms. The number of fused-ring (bicyclic) bond motifs is 2. The summed E-state index contributed by atoms with van der Waals surface area (Å²) in [5, 5.41) is 2.19. The monoisotopic (exact) mass is 670 g/mol. The molecule has 2 heterocycles. The first-order chi connectivity index (χ1) is 25.5. The minimum Gasteiger partial charge on any atom is -0.397 e. The van der Waals surface area contributed by atoms with Gasteiger partial charge < -0.3 is 11.5 Å². The Labute approximate surface area is 304 Å². The fourth-order valence-corrected chi connectivity index (χ4v) is 6.86. The highest BCUT2D eigenvalue weighted by molar-refractivity contribution is 5.93. The van der Waals surface area contributed by atoms with Gasteiger partial charge in [-0.05, 0) is 83.1 Å². The molecule has 0 aliphatic carbocycles. The Kier molecular flexibility index (Phi) is 8.64. The molecule has 0 fully saturated rings. The molecule has 0 aliphatic rings. The van der Waals surface area contributed by atoms with Crippen molar-refractivity contribution in [2.24, 2.45) is 0 Å². The van der Waals surface area contributed by atoms with E-state index >= 15 is 0 Å². The largest absolute Gasteiger partial charge is 0.397 e. The van der Waals surface area contributed by atoms with Crippen molar-refractivity contribution in [3.8, 4) is 55.9 Å². The van der Waals surface area contributed by atoms with E-state index in [9.17, 15) is 0 Å². The third kappa shape index (κ3) is 6.23. The second-order valence-corrected chi connectivity index (χ2v) is 13.0. The van der Waals surface area contributed by atoms with Crippen molar-refractivity contribution >= 4 is 45.3 Å². The van der Waals surface area contributed by atoms with E-state index in [1.54, 1.807) is 0 Å². The first kappa shape index (κ1) is 32.4. The number of anilines is 2. The lowest BCUT2D eigenvalue weighted by Crippen LogP contribution is -2.02. The minimum absolute atomic E-state index is 0.593. The molecule has 4 nitrogen and oxygen atoms in total. The summed E-state index contributed by atoms with van der Waals surface area (Å²) in [4.78, 5) is 10.2. The van der Waals surface area contributed by atoms with Gasteiger partial charge in [0.05, 0.1) is 33.8 Å². The van der Waals surface area contributed by atoms with E-state index in [1.165, 1.54) is 16.7 Å². The van der Waals surface area contributed by atoms with Crippen LogP contribution in [0, 0.1) is 0 Å². The molecule has 0 aliphatic heterocycles. The number of hydrogen-bond acceptors (Lipinski definition) is 4. The molecular formula is C48H38N4. The standard InChI is InChI=1S/C48H38N4/c1-3-8-40-28-42(41(9-4-2)48(50)47(40)49)34-16-18-35(19-17-34)43-26-24-37-21-23-39(30-46(37)51-43)44-27-25-36-20-22-38(29-45(36)52-44)33-14-12-32(13-15-33)31-10-6-5-7-11-31/h3-30H,49-50H2,1-2H3/b8-3-,9-4-. The van der Waals surface area contributed by atoms with Crippen molar-refractivity contribution < 1.29 is 0 Å². The van der Waals surface area contributed by atoms with Crippen LogP contribution < -0.4 is 11.5 Å². The van der Waals surface area contributed by atoms with Crippen LogP contribution in [0.2, 0.25) is 0 Å². The molecule has 0 amide bonds. The van der Waals surface area contributed by atoms with E-state index in [-0.39, 0.29) is 0 Å². The third-order valence-electron chi connectivity index (χ3n) is 9.66. The minimum atomic E-state index is 0.593. The van der Waals surface area contributed by atoms with Crippen LogP contribution in [0.25, 0.3) is 89.9 Å². The number of nitrogen functional groups attached to an aromatic ring is 2. The summed E-state index contributed by atoms with van der Waals surface area (Å²) in [5.74, 6) is 0. The summed E-state index contributed by atoms with van der Waals surface area (Å²) in [6.45, 7) is 3.96. The maximum atomic E-state index is 6.52. The van der Waals surface area contributed by atoms with Gasteiger partial charge >= 0.3 is 0 Å². The fourth-order valence-electron chi connectivity index (χ4n) is 6.86. The molecule has 0 saturated carbocycles. The van der Waals surface area contributed by atoms with Gasteiger partial charge in [-0.3, -0.25) is 0 Å². The van der Waals surface area contributed by atoms with E-state index < -0.39 is 0 Å². The summed E-state index contributed by atoms with van der Waals surface area (Å²) >= 11 is 0. The molecule has 250 valence electrons. The highest BCUT2D eigenvalue weighted by Gasteiger charge is 2.14. The lowest BCUT2D eigenvalue weighted by atomic mass is 9.93. The molecule has 52 heavy (non-hydrogen) atoms. The maximum absolute atomic E-state index is 6.52. The molecule has 2 aromatic heterocycles. The van der Waals surface area contributed by atoms with Crippen LogP contribution in [-0.2, 0) is 0 Å². The van der Waals surface area contributed by atoms with Crippen LogP contribution in [0.5, 0.6) is 0 Å². The maximum Gasteiger partial charge on any atom is 0.0716 e. The molecule has 8 rings (SSSR count). The van der Waals surface area contributed by atoms with Crippen LogP contribution in [0.3, 0.4) is 0 Å². The van der Waals surface area contributed by atoms with Gasteiger partial charge in [-0.1, -0.05) is 140 Å². The second kappa shape index (κ2) is 13.9. The second-order valence-electron chi connectivity index (χ2n) is 13.0. The van der Waals surface area contributed by atoms with Gasteiger partial charge in [0.2, 0.25) is 0 Å². The third-order valence-corrected chi connectivity index (χ3v) is 9.66. The Balaban J connectivity index is 1.09. The van der Waals surface area contributed by atoms with Crippen molar-refractivity contribution in [3.63, 3.8) is 0 Å². The Morgan fingerprint density at radius 2 is 0.904 bits per heavy atom. The van der Waals surface area contributed by atoms with E-state index in [1.807, 2.05) is 44.2 Å². The predicted molar refractivity (Wildman–Crippen MR) is 222 cm³/mol. The quantitative estimate of drug-likeness (QED) is 0.165. The van der Waals surface area contributed by atoms with Crippen molar-refractivity contribution in [2.75, 3.05) is 11.5 Å². The number of rotatable bonds is 7. The van der Waals surface area contributed by atoms with Crippen LogP contribution in [0.4, 0.5) is 11.4 Å². The van der Waals surface area contributed by atoms with Gasteiger partial charge in [0, 0.05) is 27.5 Å². The zero-order chi connectivity index (χ0) is 35.6. The first-order valence-electron chi connectivity index (χ1n) is 17.5. The molecule has 6 aromatic carbocycles. The number of benzene rings is 6. The van der Waals surface area contributed by atoms with E-state index in [0.717, 1.165) is 72.1 Å². The van der Waals surface area contributed by atoms with Crippen LogP contribution >= 0.6 is 0 Å². The van der Waals surface area contributed by atoms with Crippen molar-refractivity contribution in [1.29, 1.82) is 0 Å². The molecule has 4 N–H and O–H groups in total. The first-order valence-corrected chi connectivity index (χ1v) is 17.5. The fraction of sp³-hybridized carbons (Fsp3) is 0.0417. The Bertz CT molecular complexity index is 2640. The Morgan fingerprint density at radius 3 is 1.54 bits per heavy atom. The number of pyridine rings is 2. The normalized spacial score (nSPS) is 11.7. The van der Waals surface area contributed by atoms with Gasteiger partial charge in [-0.15, -0.1) is 0 Å². The van der Waals surface area contributed by atoms with Crippen LogP contribution in [-0.4, -0.2) is 9.97 Å². The topological polar surface area (TPSA) is 77.8 Å². The Hall–Kier alpha value is -6.78. The van der Waals surface area contributed by atoms with Gasteiger partial charge in [-0.2, -0.15) is 0 Å². The number of aromatic nitrogens is 2. The summed E-state index contributed by atoms with van der Waals surface area (Å²) in [5.41, 5.74) is 28.5. The molecule has 0 atom stereocenters. The molecule has 0 radical (unpaired) electrons. The number of nitrogens with zero attached hydrogens (tertiary/aromatic N) is 2. The van der Waals surface area contributed by atoms with Crippen LogP contribution in [0.1, 0.15) is 25.0 Å². The van der Waals surface area contributed by atoms with E-state index in [4.69, 9.17) is 21.4 Å². The smallest absolute Gasteiger partial charge is 0.0716 e. The predicted octanol–water partition coefficient (Wildman–Crippen LogP) is 12.3. The van der Waals surface area contributed by atoms with Crippen molar-refractivity contribution in [1.82, 2.24) is 9.97 Å². The molecular weight excluding hydrogens is 633 g/mol. The zero-order valence-corrected chi connectivity index (χ0v) is 29.2. The van der Waals surface area contributed by atoms with Gasteiger partial charge in [-0.25, -0.2) is 9.97 Å². The SMILES string of the molecule is C/C=C\c1cc(-c2ccc(-c3ccc4ccc(-c5ccc6ccc(-c7ccc(-c8ccccc8)cc7)cc6n5)cc4n3)cc2)c(/C=C\C)c(N)c1N. The molecule has 0 saturated heterocycles. The number of hydrogen-bond donors (Lipinski definition) is 2. The lowest BCUT2D eigenvalue weighted by Gasteiger charge is -2.15. The van der Waals surface area contributed by atoms with Gasteiger partial charge in [0.15, 0.2) is 0 Å². The van der Waals surface area contributed by atoms with Crippen molar-refractivity contribution in [2.45, 2.75) is 13.8 Å². The van der Waals surface area contributed by atoms with Crippen LogP contribution in [0.15, 0.2) is 158 Å². The molecule has 0 bridgehead atoms. The molecule has 8 aromatic rings. The van der Waals surface area contributed by atoms with Gasteiger partial charge in [0.25, 0.3) is 0 Å². The average molecular weight is 671 g/mol. The lowest BCUT2D eigenvalue weighted by molar-refractivity contribution is 1.38. The molecule has 4 heteroatoms. The summed E-state index contributed by atoms with van der Waals surface area (Å²) in [6.07, 6.45) is 7.98. The zero-order valence-electron chi connectivity index (χ0n) is 29.2.